The highest BCUT2D eigenvalue weighted by molar-refractivity contribution is 6.23. The minimum absolute atomic E-state index is 0.913. The molecule has 1 heteroatoms. The maximum Gasteiger partial charge on any atom is 0.143 e. The van der Waals surface area contributed by atoms with Crippen LogP contribution in [-0.4, -0.2) is 0 Å². The Morgan fingerprint density at radius 3 is 1.84 bits per heavy atom. The van der Waals surface area contributed by atoms with Gasteiger partial charge in [-0.05, 0) is 106 Å². The number of fused-ring (bicyclic) bond motifs is 9. The number of hydrogen-bond donors (Lipinski definition) is 0. The van der Waals surface area contributed by atoms with E-state index in [4.69, 9.17) is 4.74 Å². The van der Waals surface area contributed by atoms with Gasteiger partial charge >= 0.3 is 0 Å². The van der Waals surface area contributed by atoms with Crippen molar-refractivity contribution < 1.29 is 4.74 Å². The first kappa shape index (κ1) is 26.6. The van der Waals surface area contributed by atoms with E-state index in [1.807, 2.05) is 0 Å². The van der Waals surface area contributed by atoms with Crippen molar-refractivity contribution in [2.45, 2.75) is 0 Å². The molecule has 10 aromatic carbocycles. The van der Waals surface area contributed by atoms with E-state index in [1.165, 1.54) is 87.1 Å². The van der Waals surface area contributed by atoms with Gasteiger partial charge in [-0.2, -0.15) is 0 Å². The van der Waals surface area contributed by atoms with Gasteiger partial charge in [-0.1, -0.05) is 146 Å². The summed E-state index contributed by atoms with van der Waals surface area (Å²) in [5.41, 5.74) is 7.34. The van der Waals surface area contributed by atoms with Gasteiger partial charge in [-0.3, -0.25) is 0 Å². The first-order valence-corrected chi connectivity index (χ1v) is 16.9. The third kappa shape index (κ3) is 3.82. The van der Waals surface area contributed by atoms with Crippen molar-refractivity contribution in [1.82, 2.24) is 0 Å². The second-order valence-electron chi connectivity index (χ2n) is 13.2. The van der Waals surface area contributed by atoms with Crippen LogP contribution in [0.2, 0.25) is 0 Å². The van der Waals surface area contributed by atoms with E-state index in [2.05, 4.69) is 170 Å². The number of ether oxygens (including phenoxy) is 1. The van der Waals surface area contributed by atoms with Crippen LogP contribution in [0, 0.1) is 0 Å². The van der Waals surface area contributed by atoms with Gasteiger partial charge in [0, 0.05) is 16.3 Å². The van der Waals surface area contributed by atoms with E-state index in [0.29, 0.717) is 0 Å². The van der Waals surface area contributed by atoms with Crippen LogP contribution in [0.25, 0.3) is 98.0 Å². The summed E-state index contributed by atoms with van der Waals surface area (Å²) in [6.07, 6.45) is 0. The molecule has 0 fully saturated rings. The van der Waals surface area contributed by atoms with E-state index < -0.39 is 0 Å². The first-order chi connectivity index (χ1) is 24.3. The van der Waals surface area contributed by atoms with Crippen LogP contribution >= 0.6 is 0 Å². The molecule has 1 heterocycles. The Kier molecular flexibility index (Phi) is 5.45. The molecule has 1 aliphatic heterocycles. The highest BCUT2D eigenvalue weighted by Gasteiger charge is 2.23. The second-order valence-corrected chi connectivity index (χ2v) is 13.2. The summed E-state index contributed by atoms with van der Waals surface area (Å²) in [7, 11) is 0. The summed E-state index contributed by atoms with van der Waals surface area (Å²) >= 11 is 0. The van der Waals surface area contributed by atoms with Crippen molar-refractivity contribution in [1.29, 1.82) is 0 Å². The molecule has 0 saturated heterocycles. The Hall–Kier alpha value is -6.44. The molecule has 0 radical (unpaired) electrons. The van der Waals surface area contributed by atoms with E-state index in [1.54, 1.807) is 0 Å². The second kappa shape index (κ2) is 10.0. The maximum absolute atomic E-state index is 6.71. The van der Waals surface area contributed by atoms with Crippen molar-refractivity contribution in [3.05, 3.63) is 170 Å². The molecule has 0 saturated carbocycles. The quantitative estimate of drug-likeness (QED) is 0.138. The van der Waals surface area contributed by atoms with Crippen molar-refractivity contribution in [3.8, 4) is 44.9 Å². The standard InChI is InChI=1S/C48H28O/c1-4-13-34-29(9-1)12-7-16-38(34)46-36-14-5-3-11-32(36)28-44-41(46)23-21-31-19-20-33(27-43(31)44)35-25-26-45-47-39(35)17-8-18-40(47)42-24-22-30-10-2-6-15-37(30)48(42)49-45/h1-28H. The molecule has 0 atom stereocenters. The van der Waals surface area contributed by atoms with Crippen LogP contribution in [0.15, 0.2) is 170 Å². The molecule has 1 aliphatic rings. The third-order valence-corrected chi connectivity index (χ3v) is 10.6. The van der Waals surface area contributed by atoms with Gasteiger partial charge in [-0.25, -0.2) is 0 Å². The van der Waals surface area contributed by atoms with Crippen LogP contribution in [0.1, 0.15) is 0 Å². The predicted octanol–water partition coefficient (Wildman–Crippen LogP) is 13.7. The van der Waals surface area contributed by atoms with Crippen molar-refractivity contribution in [2.75, 3.05) is 0 Å². The Morgan fingerprint density at radius 1 is 0.306 bits per heavy atom. The maximum atomic E-state index is 6.71. The molecule has 0 unspecified atom stereocenters. The normalized spacial score (nSPS) is 12.2. The van der Waals surface area contributed by atoms with Crippen LogP contribution in [0.3, 0.4) is 0 Å². The smallest absolute Gasteiger partial charge is 0.143 e. The van der Waals surface area contributed by atoms with Crippen molar-refractivity contribution in [3.63, 3.8) is 0 Å². The fourth-order valence-electron chi connectivity index (χ4n) is 8.38. The predicted molar refractivity (Wildman–Crippen MR) is 208 cm³/mol. The lowest BCUT2D eigenvalue weighted by Gasteiger charge is -2.24. The zero-order chi connectivity index (χ0) is 32.1. The summed E-state index contributed by atoms with van der Waals surface area (Å²) in [5, 5.41) is 14.8. The average Bonchev–Trinajstić information content (AvgIpc) is 3.17. The van der Waals surface area contributed by atoms with Gasteiger partial charge in [0.15, 0.2) is 0 Å². The molecule has 0 aliphatic carbocycles. The third-order valence-electron chi connectivity index (χ3n) is 10.6. The molecule has 10 aromatic rings. The van der Waals surface area contributed by atoms with Gasteiger partial charge in [0.1, 0.15) is 11.5 Å². The fourth-order valence-corrected chi connectivity index (χ4v) is 8.38. The number of hydrogen-bond acceptors (Lipinski definition) is 1. The Balaban J connectivity index is 1.17. The molecule has 1 nitrogen and oxygen atoms in total. The van der Waals surface area contributed by atoms with Gasteiger partial charge < -0.3 is 4.74 Å². The zero-order valence-electron chi connectivity index (χ0n) is 26.6. The molecule has 11 rings (SSSR count). The number of rotatable bonds is 2. The van der Waals surface area contributed by atoms with Crippen molar-refractivity contribution >= 4 is 64.6 Å². The van der Waals surface area contributed by atoms with E-state index >= 15 is 0 Å². The minimum Gasteiger partial charge on any atom is -0.455 e. The largest absolute Gasteiger partial charge is 0.455 e. The molecule has 0 bridgehead atoms. The monoisotopic (exact) mass is 620 g/mol. The Morgan fingerprint density at radius 2 is 0.939 bits per heavy atom. The van der Waals surface area contributed by atoms with Gasteiger partial charge in [0.2, 0.25) is 0 Å². The molecule has 0 N–H and O–H groups in total. The zero-order valence-corrected chi connectivity index (χ0v) is 26.6. The summed E-state index contributed by atoms with van der Waals surface area (Å²) in [4.78, 5) is 0. The minimum atomic E-state index is 0.913. The Bertz CT molecular complexity index is 3020. The van der Waals surface area contributed by atoms with Crippen LogP contribution < -0.4 is 4.74 Å². The molecular weight excluding hydrogens is 593 g/mol. The summed E-state index contributed by atoms with van der Waals surface area (Å²) in [6.45, 7) is 0. The van der Waals surface area contributed by atoms with Gasteiger partial charge in [0.05, 0.1) is 0 Å². The van der Waals surface area contributed by atoms with Gasteiger partial charge in [-0.15, -0.1) is 0 Å². The lowest BCUT2D eigenvalue weighted by atomic mass is 9.86. The fraction of sp³-hybridized carbons (Fsp3) is 0. The van der Waals surface area contributed by atoms with E-state index in [9.17, 15) is 0 Å². The summed E-state index contributed by atoms with van der Waals surface area (Å²) in [5.74, 6) is 1.85. The summed E-state index contributed by atoms with van der Waals surface area (Å²) in [6, 6.07) is 62.1. The SMILES string of the molecule is c1ccc2c(-c3c4ccccc4cc4c3ccc3ccc(-c5ccc6c7c(cccc57)-c5ccc7ccccc7c5O6)cc34)cccc2c1. The molecule has 0 spiro atoms. The lowest BCUT2D eigenvalue weighted by Crippen LogP contribution is -1.98. The van der Waals surface area contributed by atoms with Crippen molar-refractivity contribution in [2.24, 2.45) is 0 Å². The molecule has 0 amide bonds. The van der Waals surface area contributed by atoms with Gasteiger partial charge in [0.25, 0.3) is 0 Å². The molecule has 0 aromatic heterocycles. The average molecular weight is 621 g/mol. The highest BCUT2D eigenvalue weighted by atomic mass is 16.5. The topological polar surface area (TPSA) is 9.23 Å². The van der Waals surface area contributed by atoms with Crippen LogP contribution in [0.4, 0.5) is 0 Å². The Labute approximate surface area is 283 Å². The molecule has 226 valence electrons. The number of benzene rings is 10. The van der Waals surface area contributed by atoms with E-state index in [-0.39, 0.29) is 0 Å². The van der Waals surface area contributed by atoms with Crippen LogP contribution in [-0.2, 0) is 0 Å². The molecular formula is C48H28O. The lowest BCUT2D eigenvalue weighted by molar-refractivity contribution is 0.493. The highest BCUT2D eigenvalue weighted by Crippen LogP contribution is 2.51. The van der Waals surface area contributed by atoms with E-state index in [0.717, 1.165) is 22.4 Å². The van der Waals surface area contributed by atoms with Crippen LogP contribution in [0.5, 0.6) is 11.5 Å². The summed E-state index contributed by atoms with van der Waals surface area (Å²) < 4.78 is 6.71. The molecule has 49 heavy (non-hydrogen) atoms. The first-order valence-electron chi connectivity index (χ1n) is 16.9.